The van der Waals surface area contributed by atoms with Crippen LogP contribution in [0.15, 0.2) is 89.9 Å². The molecular weight excluding hydrogens is 607 g/mol. The summed E-state index contributed by atoms with van der Waals surface area (Å²) in [6, 6.07) is 30.8. The third kappa shape index (κ3) is 5.36. The average Bonchev–Trinajstić information content (AvgIpc) is 2.99. The van der Waals surface area contributed by atoms with Crippen LogP contribution < -0.4 is 14.4 Å². The molecule has 4 aromatic carbocycles. The van der Waals surface area contributed by atoms with Crippen LogP contribution in [0.3, 0.4) is 0 Å². The number of hydrogen-bond acceptors (Lipinski definition) is 4. The van der Waals surface area contributed by atoms with Gasteiger partial charge >= 0.3 is 0 Å². The van der Waals surface area contributed by atoms with Gasteiger partial charge in [0, 0.05) is 36.8 Å². The number of halogens is 1. The Bertz CT molecular complexity index is 1430. The zero-order valence-electron chi connectivity index (χ0n) is 23.1. The third-order valence-corrected chi connectivity index (χ3v) is 8.78. The van der Waals surface area contributed by atoms with Gasteiger partial charge in [0.2, 0.25) is 0 Å². The first-order valence-corrected chi connectivity index (χ1v) is 15.4. The highest BCUT2D eigenvalue weighted by molar-refractivity contribution is 14.1. The largest absolute Gasteiger partial charge is 0.490 e. The summed E-state index contributed by atoms with van der Waals surface area (Å²) in [5.74, 6) is 2.30. The molecule has 0 aromatic heterocycles. The molecule has 4 nitrogen and oxygen atoms in total. The highest BCUT2D eigenvalue weighted by Gasteiger charge is 2.35. The molecular formula is C35H35IN2O2. The summed E-state index contributed by atoms with van der Waals surface area (Å²) in [7, 11) is 0. The Hall–Kier alpha value is -3.32. The lowest BCUT2D eigenvalue weighted by Crippen LogP contribution is -2.37. The van der Waals surface area contributed by atoms with Crippen molar-refractivity contribution in [2.75, 3.05) is 31.2 Å². The van der Waals surface area contributed by atoms with Crippen LogP contribution in [0.2, 0.25) is 0 Å². The van der Waals surface area contributed by atoms with Gasteiger partial charge in [-0.3, -0.25) is 4.99 Å². The Morgan fingerprint density at radius 2 is 1.38 bits per heavy atom. The van der Waals surface area contributed by atoms with Crippen molar-refractivity contribution in [3.05, 3.63) is 116 Å². The fourth-order valence-corrected chi connectivity index (χ4v) is 7.05. The highest BCUT2D eigenvalue weighted by Crippen LogP contribution is 2.50. The molecule has 0 radical (unpaired) electrons. The molecule has 2 heterocycles. The number of benzene rings is 4. The molecule has 0 amide bonds. The minimum absolute atomic E-state index is 0.367. The van der Waals surface area contributed by atoms with Gasteiger partial charge in [-0.2, -0.15) is 0 Å². The standard InChI is InChI=1S/C35H35IN2O2/c1-3-39-33-20-24(19-32(36)35(33)40-4-2)23-37-27-21-30-28(25-11-7-5-8-12-25)15-17-38-18-16-29(31(22-27)34(30)38)26-13-9-6-10-14-26/h5-14,19-23,28-29H,3-4,15-18H2,1-2H3/t28-,29-/m0/s1. The van der Waals surface area contributed by atoms with E-state index in [0.29, 0.717) is 25.0 Å². The van der Waals surface area contributed by atoms with E-state index in [-0.39, 0.29) is 0 Å². The zero-order chi connectivity index (χ0) is 27.5. The summed E-state index contributed by atoms with van der Waals surface area (Å²) >= 11 is 2.32. The number of ether oxygens (including phenoxy) is 2. The molecule has 2 aliphatic rings. The smallest absolute Gasteiger partial charge is 0.174 e. The van der Waals surface area contributed by atoms with E-state index in [2.05, 4.69) is 106 Å². The lowest BCUT2D eigenvalue weighted by Gasteiger charge is -2.43. The van der Waals surface area contributed by atoms with E-state index in [9.17, 15) is 0 Å². The van der Waals surface area contributed by atoms with Crippen LogP contribution in [-0.2, 0) is 0 Å². The SMILES string of the molecule is CCOc1cc(C=Nc2cc3c4c(c2)[C@H](c2ccccc2)CCN4CC[C@H]3c2ccccc2)cc(I)c1OCC. The first kappa shape index (κ1) is 26.9. The molecule has 5 heteroatoms. The summed E-state index contributed by atoms with van der Waals surface area (Å²) < 4.78 is 12.8. The third-order valence-electron chi connectivity index (χ3n) is 7.98. The van der Waals surface area contributed by atoms with Crippen molar-refractivity contribution in [3.63, 3.8) is 0 Å². The molecule has 4 aromatic rings. The van der Waals surface area contributed by atoms with Crippen molar-refractivity contribution in [2.24, 2.45) is 4.99 Å². The van der Waals surface area contributed by atoms with Crippen LogP contribution in [0.1, 0.15) is 66.3 Å². The van der Waals surface area contributed by atoms with Crippen LogP contribution in [0.25, 0.3) is 0 Å². The zero-order valence-corrected chi connectivity index (χ0v) is 25.3. The fourth-order valence-electron chi connectivity index (χ4n) is 6.27. The van der Waals surface area contributed by atoms with Gasteiger partial charge in [0.25, 0.3) is 0 Å². The Kier molecular flexibility index (Phi) is 8.10. The molecule has 40 heavy (non-hydrogen) atoms. The maximum atomic E-state index is 5.92. The maximum Gasteiger partial charge on any atom is 0.174 e. The summed E-state index contributed by atoms with van der Waals surface area (Å²) in [5.41, 5.74) is 9.00. The lowest BCUT2D eigenvalue weighted by atomic mass is 9.76. The minimum atomic E-state index is 0.367. The Balaban J connectivity index is 1.46. The van der Waals surface area contributed by atoms with Crippen molar-refractivity contribution in [1.29, 1.82) is 0 Å². The molecule has 0 N–H and O–H groups in total. The monoisotopic (exact) mass is 642 g/mol. The molecule has 204 valence electrons. The van der Waals surface area contributed by atoms with Crippen LogP contribution in [0.4, 0.5) is 11.4 Å². The second-order valence-corrected chi connectivity index (χ2v) is 11.6. The Morgan fingerprint density at radius 3 is 1.93 bits per heavy atom. The molecule has 0 fully saturated rings. The van der Waals surface area contributed by atoms with Crippen molar-refractivity contribution in [1.82, 2.24) is 0 Å². The van der Waals surface area contributed by atoms with Crippen molar-refractivity contribution in [3.8, 4) is 11.5 Å². The molecule has 2 aliphatic heterocycles. The fraction of sp³-hybridized carbons (Fsp3) is 0.286. The van der Waals surface area contributed by atoms with Crippen molar-refractivity contribution < 1.29 is 9.47 Å². The van der Waals surface area contributed by atoms with Crippen LogP contribution in [-0.4, -0.2) is 32.5 Å². The van der Waals surface area contributed by atoms with E-state index in [1.165, 1.54) is 27.9 Å². The predicted molar refractivity (Wildman–Crippen MR) is 173 cm³/mol. The van der Waals surface area contributed by atoms with E-state index in [1.807, 2.05) is 26.1 Å². The van der Waals surface area contributed by atoms with Crippen molar-refractivity contribution in [2.45, 2.75) is 38.5 Å². The summed E-state index contributed by atoms with van der Waals surface area (Å²) in [5, 5.41) is 0. The van der Waals surface area contributed by atoms with Crippen LogP contribution in [0, 0.1) is 3.57 Å². The lowest BCUT2D eigenvalue weighted by molar-refractivity contribution is 0.286. The average molecular weight is 643 g/mol. The molecule has 0 saturated heterocycles. The van der Waals surface area contributed by atoms with Gasteiger partial charge in [0.05, 0.1) is 22.5 Å². The highest BCUT2D eigenvalue weighted by atomic mass is 127. The van der Waals surface area contributed by atoms with E-state index >= 15 is 0 Å². The van der Waals surface area contributed by atoms with E-state index in [0.717, 1.165) is 52.3 Å². The molecule has 0 bridgehead atoms. The van der Waals surface area contributed by atoms with Gasteiger partial charge in [0.1, 0.15) is 0 Å². The quantitative estimate of drug-likeness (QED) is 0.143. The Morgan fingerprint density at radius 1 is 0.800 bits per heavy atom. The molecule has 0 spiro atoms. The van der Waals surface area contributed by atoms with E-state index < -0.39 is 0 Å². The molecule has 0 aliphatic carbocycles. The molecule has 0 saturated carbocycles. The van der Waals surface area contributed by atoms with E-state index in [1.54, 1.807) is 0 Å². The summed E-state index contributed by atoms with van der Waals surface area (Å²) in [6.45, 7) is 7.36. The first-order valence-electron chi connectivity index (χ1n) is 14.3. The summed E-state index contributed by atoms with van der Waals surface area (Å²) in [4.78, 5) is 7.68. The number of rotatable bonds is 8. The minimum Gasteiger partial charge on any atom is -0.490 e. The molecule has 0 unspecified atom stereocenters. The summed E-state index contributed by atoms with van der Waals surface area (Å²) in [6.07, 6.45) is 4.20. The number of hydrogen-bond donors (Lipinski definition) is 0. The topological polar surface area (TPSA) is 34.1 Å². The maximum absolute atomic E-state index is 5.92. The number of nitrogens with zero attached hydrogens (tertiary/aromatic N) is 2. The van der Waals surface area contributed by atoms with Gasteiger partial charge in [-0.1, -0.05) is 60.7 Å². The predicted octanol–water partition coefficient (Wildman–Crippen LogP) is 8.72. The number of aliphatic imine (C=N–C) groups is 1. The molecule has 2 atom stereocenters. The van der Waals surface area contributed by atoms with Crippen LogP contribution in [0.5, 0.6) is 11.5 Å². The second-order valence-electron chi connectivity index (χ2n) is 10.4. The Labute approximate surface area is 251 Å². The molecule has 6 rings (SSSR count). The van der Waals surface area contributed by atoms with Gasteiger partial charge in [-0.15, -0.1) is 0 Å². The van der Waals surface area contributed by atoms with Gasteiger partial charge in [0.15, 0.2) is 11.5 Å². The number of anilines is 1. The second kappa shape index (κ2) is 12.0. The van der Waals surface area contributed by atoms with E-state index in [4.69, 9.17) is 14.5 Å². The van der Waals surface area contributed by atoms with Gasteiger partial charge < -0.3 is 14.4 Å². The van der Waals surface area contributed by atoms with Crippen LogP contribution >= 0.6 is 22.6 Å². The van der Waals surface area contributed by atoms with Gasteiger partial charge in [-0.25, -0.2) is 0 Å². The van der Waals surface area contributed by atoms with Gasteiger partial charge in [-0.05, 0) is 101 Å². The normalized spacial score (nSPS) is 18.0. The van der Waals surface area contributed by atoms with Crippen molar-refractivity contribution >= 4 is 40.2 Å². The first-order chi connectivity index (χ1) is 19.7.